The van der Waals surface area contributed by atoms with Crippen LogP contribution in [0, 0.1) is 10.1 Å². The molecule has 0 bridgehead atoms. The summed E-state index contributed by atoms with van der Waals surface area (Å²) in [6.07, 6.45) is 0. The molecule has 0 spiro atoms. The Morgan fingerprint density at radius 3 is 2.26 bits per heavy atom. The SMILES string of the molecule is COc1ccc(Oc2ccc([N+](=O)[O-])cc2)c(Br)c1. The predicted octanol–water partition coefficient (Wildman–Crippen LogP) is 4.16. The van der Waals surface area contributed by atoms with Crippen molar-refractivity contribution in [2.24, 2.45) is 0 Å². The van der Waals surface area contributed by atoms with Gasteiger partial charge in [0, 0.05) is 12.1 Å². The number of halogens is 1. The summed E-state index contributed by atoms with van der Waals surface area (Å²) in [5, 5.41) is 10.5. The lowest BCUT2D eigenvalue weighted by atomic mass is 10.3. The van der Waals surface area contributed by atoms with Gasteiger partial charge >= 0.3 is 0 Å². The number of hydrogen-bond donors (Lipinski definition) is 0. The minimum Gasteiger partial charge on any atom is -0.497 e. The van der Waals surface area contributed by atoms with Gasteiger partial charge in [0.05, 0.1) is 16.5 Å². The van der Waals surface area contributed by atoms with Crippen molar-refractivity contribution >= 4 is 21.6 Å². The molecule has 0 saturated carbocycles. The van der Waals surface area contributed by atoms with Gasteiger partial charge in [0.1, 0.15) is 17.2 Å². The van der Waals surface area contributed by atoms with Gasteiger partial charge in [-0.25, -0.2) is 0 Å². The first-order valence-corrected chi connectivity index (χ1v) is 6.15. The minimum absolute atomic E-state index is 0.0288. The summed E-state index contributed by atoms with van der Waals surface area (Å²) in [5.74, 6) is 1.84. The molecule has 2 aromatic carbocycles. The van der Waals surface area contributed by atoms with Crippen LogP contribution in [0.5, 0.6) is 17.2 Å². The first-order chi connectivity index (χ1) is 9.10. The van der Waals surface area contributed by atoms with E-state index in [4.69, 9.17) is 9.47 Å². The second-order valence-corrected chi connectivity index (χ2v) is 4.50. The van der Waals surface area contributed by atoms with Crippen LogP contribution in [0.1, 0.15) is 0 Å². The molecule has 0 amide bonds. The molecule has 0 aliphatic carbocycles. The first-order valence-electron chi connectivity index (χ1n) is 5.36. The fourth-order valence-electron chi connectivity index (χ4n) is 1.45. The summed E-state index contributed by atoms with van der Waals surface area (Å²) in [4.78, 5) is 10.1. The van der Waals surface area contributed by atoms with Gasteiger partial charge in [0.15, 0.2) is 0 Å². The number of hydrogen-bond acceptors (Lipinski definition) is 4. The monoisotopic (exact) mass is 323 g/mol. The molecule has 0 aliphatic rings. The van der Waals surface area contributed by atoms with Gasteiger partial charge in [-0.15, -0.1) is 0 Å². The second kappa shape index (κ2) is 5.71. The molecule has 0 radical (unpaired) electrons. The van der Waals surface area contributed by atoms with Crippen LogP contribution in [0.2, 0.25) is 0 Å². The standard InChI is InChI=1S/C13H10BrNO4/c1-18-11-6-7-13(12(14)8-11)19-10-4-2-9(3-5-10)15(16)17/h2-8H,1H3. The Balaban J connectivity index is 2.19. The number of methoxy groups -OCH3 is 1. The molecule has 0 atom stereocenters. The van der Waals surface area contributed by atoms with Crippen molar-refractivity contribution in [1.29, 1.82) is 0 Å². The third-order valence-corrected chi connectivity index (χ3v) is 3.03. The van der Waals surface area contributed by atoms with E-state index in [2.05, 4.69) is 15.9 Å². The van der Waals surface area contributed by atoms with Crippen LogP contribution >= 0.6 is 15.9 Å². The molecular weight excluding hydrogens is 314 g/mol. The second-order valence-electron chi connectivity index (χ2n) is 3.65. The molecule has 0 aliphatic heterocycles. The van der Waals surface area contributed by atoms with Gasteiger partial charge in [0.25, 0.3) is 5.69 Å². The molecule has 6 heteroatoms. The van der Waals surface area contributed by atoms with Crippen molar-refractivity contribution in [3.05, 3.63) is 57.1 Å². The molecule has 0 N–H and O–H groups in total. The van der Waals surface area contributed by atoms with E-state index in [1.165, 1.54) is 12.1 Å². The van der Waals surface area contributed by atoms with Crippen molar-refractivity contribution in [2.75, 3.05) is 7.11 Å². The summed E-state index contributed by atoms with van der Waals surface area (Å²) in [6.45, 7) is 0. The van der Waals surface area contributed by atoms with E-state index >= 15 is 0 Å². The normalized spacial score (nSPS) is 10.0. The van der Waals surface area contributed by atoms with Crippen LogP contribution in [0.15, 0.2) is 46.9 Å². The molecule has 98 valence electrons. The third-order valence-electron chi connectivity index (χ3n) is 2.41. The van der Waals surface area contributed by atoms with Gasteiger partial charge in [-0.2, -0.15) is 0 Å². The van der Waals surface area contributed by atoms with E-state index in [-0.39, 0.29) is 5.69 Å². The van der Waals surface area contributed by atoms with Crippen molar-refractivity contribution < 1.29 is 14.4 Å². The maximum absolute atomic E-state index is 10.5. The Morgan fingerprint density at radius 2 is 1.74 bits per heavy atom. The third kappa shape index (κ3) is 3.23. The fourth-order valence-corrected chi connectivity index (χ4v) is 1.89. The number of non-ortho nitro benzene ring substituents is 1. The average molecular weight is 324 g/mol. The Hall–Kier alpha value is -2.08. The van der Waals surface area contributed by atoms with Crippen molar-refractivity contribution in [3.8, 4) is 17.2 Å². The minimum atomic E-state index is -0.451. The van der Waals surface area contributed by atoms with Crippen LogP contribution in [0.3, 0.4) is 0 Å². The Bertz CT molecular complexity index is 598. The number of nitro benzene ring substituents is 1. The van der Waals surface area contributed by atoms with Gasteiger partial charge in [-0.05, 0) is 46.3 Å². The van der Waals surface area contributed by atoms with Crippen molar-refractivity contribution in [2.45, 2.75) is 0 Å². The molecule has 0 heterocycles. The van der Waals surface area contributed by atoms with Crippen LogP contribution in [-0.2, 0) is 0 Å². The quantitative estimate of drug-likeness (QED) is 0.626. The Labute approximate surface area is 118 Å². The van der Waals surface area contributed by atoms with Crippen LogP contribution in [0.25, 0.3) is 0 Å². The largest absolute Gasteiger partial charge is 0.497 e. The predicted molar refractivity (Wildman–Crippen MR) is 73.9 cm³/mol. The molecule has 0 fully saturated rings. The zero-order valence-corrected chi connectivity index (χ0v) is 11.6. The molecule has 2 rings (SSSR count). The van der Waals surface area contributed by atoms with Crippen molar-refractivity contribution in [3.63, 3.8) is 0 Å². The number of rotatable bonds is 4. The molecule has 5 nitrogen and oxygen atoms in total. The molecule has 19 heavy (non-hydrogen) atoms. The van der Waals surface area contributed by atoms with Gasteiger partial charge < -0.3 is 9.47 Å². The number of ether oxygens (including phenoxy) is 2. The highest BCUT2D eigenvalue weighted by molar-refractivity contribution is 9.10. The highest BCUT2D eigenvalue weighted by atomic mass is 79.9. The molecule has 2 aromatic rings. The molecule has 0 unspecified atom stereocenters. The smallest absolute Gasteiger partial charge is 0.269 e. The van der Waals surface area contributed by atoms with Crippen LogP contribution in [-0.4, -0.2) is 12.0 Å². The summed E-state index contributed by atoms with van der Waals surface area (Å²) < 4.78 is 11.4. The molecule has 0 aromatic heterocycles. The highest BCUT2D eigenvalue weighted by Gasteiger charge is 2.07. The zero-order valence-electron chi connectivity index (χ0n) is 10.00. The molecule has 0 saturated heterocycles. The number of nitrogens with zero attached hydrogens (tertiary/aromatic N) is 1. The van der Waals surface area contributed by atoms with E-state index in [0.29, 0.717) is 17.2 Å². The summed E-state index contributed by atoms with van der Waals surface area (Å²) in [7, 11) is 1.58. The zero-order chi connectivity index (χ0) is 13.8. The van der Waals surface area contributed by atoms with Gasteiger partial charge in [-0.1, -0.05) is 0 Å². The summed E-state index contributed by atoms with van der Waals surface area (Å²) in [6, 6.07) is 11.2. The fraction of sp³-hybridized carbons (Fsp3) is 0.0769. The van der Waals surface area contributed by atoms with Gasteiger partial charge in [-0.3, -0.25) is 10.1 Å². The van der Waals surface area contributed by atoms with E-state index in [0.717, 1.165) is 4.47 Å². The lowest BCUT2D eigenvalue weighted by Gasteiger charge is -2.08. The Kier molecular flexibility index (Phi) is 4.01. The average Bonchev–Trinajstić information content (AvgIpc) is 2.41. The first kappa shape index (κ1) is 13.4. The van der Waals surface area contributed by atoms with E-state index in [1.807, 2.05) is 0 Å². The van der Waals surface area contributed by atoms with Gasteiger partial charge in [0.2, 0.25) is 0 Å². The lowest BCUT2D eigenvalue weighted by molar-refractivity contribution is -0.384. The maximum atomic E-state index is 10.5. The van der Waals surface area contributed by atoms with Crippen LogP contribution in [0.4, 0.5) is 5.69 Å². The highest BCUT2D eigenvalue weighted by Crippen LogP contribution is 2.33. The van der Waals surface area contributed by atoms with E-state index in [1.54, 1.807) is 37.4 Å². The maximum Gasteiger partial charge on any atom is 0.269 e. The lowest BCUT2D eigenvalue weighted by Crippen LogP contribution is -1.89. The van der Waals surface area contributed by atoms with Crippen LogP contribution < -0.4 is 9.47 Å². The number of benzene rings is 2. The molecular formula is C13H10BrNO4. The Morgan fingerprint density at radius 1 is 1.11 bits per heavy atom. The van der Waals surface area contributed by atoms with E-state index in [9.17, 15) is 10.1 Å². The number of nitro groups is 1. The van der Waals surface area contributed by atoms with Crippen molar-refractivity contribution in [1.82, 2.24) is 0 Å². The summed E-state index contributed by atoms with van der Waals surface area (Å²) >= 11 is 3.37. The topological polar surface area (TPSA) is 61.6 Å². The van der Waals surface area contributed by atoms with E-state index < -0.39 is 4.92 Å². The summed E-state index contributed by atoms with van der Waals surface area (Å²) in [5.41, 5.74) is 0.0288.